The van der Waals surface area contributed by atoms with Crippen LogP contribution in [-0.2, 0) is 32.0 Å². The fraction of sp³-hybridized carbons (Fsp3) is 0.519. The maximum atomic E-state index is 13.3. The monoisotopic (exact) mass is 557 g/mol. The van der Waals surface area contributed by atoms with E-state index in [1.54, 1.807) is 20.8 Å². The van der Waals surface area contributed by atoms with Gasteiger partial charge in [0.15, 0.2) is 0 Å². The highest BCUT2D eigenvalue weighted by molar-refractivity contribution is 7.99. The van der Waals surface area contributed by atoms with Gasteiger partial charge in [0.1, 0.15) is 17.7 Å². The number of aromatic nitrogens is 3. The SMILES string of the molecule is COC(=O)[C@@H]1Cc2c([nH]c3ccccc23)CN1C(=O)CSc1nnc([C@@H](CC(C)C)NC(=O)OC(C)(C)C)o1. The fourth-order valence-electron chi connectivity index (χ4n) is 4.59. The predicted molar refractivity (Wildman–Crippen MR) is 145 cm³/mol. The van der Waals surface area contributed by atoms with Gasteiger partial charge in [-0.15, -0.1) is 10.2 Å². The first-order chi connectivity index (χ1) is 18.4. The van der Waals surface area contributed by atoms with Crippen LogP contribution in [0.25, 0.3) is 10.9 Å². The second-order valence-electron chi connectivity index (χ2n) is 10.9. The van der Waals surface area contributed by atoms with Crippen molar-refractivity contribution in [3.8, 4) is 0 Å². The fourth-order valence-corrected chi connectivity index (χ4v) is 5.24. The highest BCUT2D eigenvalue weighted by Crippen LogP contribution is 2.32. The third-order valence-electron chi connectivity index (χ3n) is 6.24. The molecule has 39 heavy (non-hydrogen) atoms. The molecule has 2 aromatic heterocycles. The normalized spacial score (nSPS) is 16.2. The number of alkyl carbamates (subject to hydrolysis) is 1. The third-order valence-corrected chi connectivity index (χ3v) is 7.04. The van der Waals surface area contributed by atoms with Gasteiger partial charge in [-0.3, -0.25) is 4.79 Å². The number of benzene rings is 1. The van der Waals surface area contributed by atoms with E-state index in [2.05, 4.69) is 20.5 Å². The van der Waals surface area contributed by atoms with Gasteiger partial charge in [-0.2, -0.15) is 0 Å². The molecular weight excluding hydrogens is 522 g/mol. The number of hydrogen-bond acceptors (Lipinski definition) is 9. The highest BCUT2D eigenvalue weighted by Gasteiger charge is 2.37. The summed E-state index contributed by atoms with van der Waals surface area (Å²) in [6.45, 7) is 9.65. The van der Waals surface area contributed by atoms with E-state index >= 15 is 0 Å². The van der Waals surface area contributed by atoms with Gasteiger partial charge in [-0.05, 0) is 44.7 Å². The maximum Gasteiger partial charge on any atom is 0.408 e. The summed E-state index contributed by atoms with van der Waals surface area (Å²) in [5.74, 6) is -0.269. The molecular formula is C27H35N5O6S. The van der Waals surface area contributed by atoms with Crippen molar-refractivity contribution in [3.63, 3.8) is 0 Å². The second kappa shape index (κ2) is 11.7. The molecule has 1 aromatic carbocycles. The summed E-state index contributed by atoms with van der Waals surface area (Å²) < 4.78 is 16.2. The number of esters is 1. The number of aromatic amines is 1. The first-order valence-electron chi connectivity index (χ1n) is 12.9. The van der Waals surface area contributed by atoms with Gasteiger partial charge in [0.05, 0.1) is 19.4 Å². The van der Waals surface area contributed by atoms with E-state index in [9.17, 15) is 14.4 Å². The molecule has 0 fully saturated rings. The predicted octanol–water partition coefficient (Wildman–Crippen LogP) is 4.38. The molecule has 1 aliphatic rings. The molecule has 1 aliphatic heterocycles. The number of fused-ring (bicyclic) bond motifs is 3. The second-order valence-corrected chi connectivity index (χ2v) is 11.8. The maximum absolute atomic E-state index is 13.3. The Labute approximate surface area is 231 Å². The molecule has 2 N–H and O–H groups in total. The van der Waals surface area contributed by atoms with Crippen LogP contribution in [0.5, 0.6) is 0 Å². The third kappa shape index (κ3) is 6.92. The van der Waals surface area contributed by atoms with E-state index in [0.717, 1.165) is 33.9 Å². The van der Waals surface area contributed by atoms with Crippen molar-refractivity contribution in [1.29, 1.82) is 0 Å². The van der Waals surface area contributed by atoms with Crippen molar-refractivity contribution < 1.29 is 28.3 Å². The van der Waals surface area contributed by atoms with Gasteiger partial charge in [-0.1, -0.05) is 43.8 Å². The van der Waals surface area contributed by atoms with Crippen LogP contribution in [0.4, 0.5) is 4.79 Å². The van der Waals surface area contributed by atoms with Crippen LogP contribution in [-0.4, -0.2) is 62.6 Å². The molecule has 0 spiro atoms. The summed E-state index contributed by atoms with van der Waals surface area (Å²) in [5.41, 5.74) is 2.24. The largest absolute Gasteiger partial charge is 0.467 e. The van der Waals surface area contributed by atoms with E-state index in [-0.39, 0.29) is 35.2 Å². The van der Waals surface area contributed by atoms with Gasteiger partial charge in [0.2, 0.25) is 11.8 Å². The smallest absolute Gasteiger partial charge is 0.408 e. The van der Waals surface area contributed by atoms with E-state index < -0.39 is 29.7 Å². The van der Waals surface area contributed by atoms with Gasteiger partial charge < -0.3 is 29.1 Å². The van der Waals surface area contributed by atoms with Crippen molar-refractivity contribution in [2.75, 3.05) is 12.9 Å². The Morgan fingerprint density at radius 1 is 1.23 bits per heavy atom. The minimum Gasteiger partial charge on any atom is -0.467 e. The lowest BCUT2D eigenvalue weighted by atomic mass is 9.96. The standard InChI is InChI=1S/C27H35N5O6S/c1-15(2)11-19(29-25(35)38-27(3,4)5)23-30-31-26(37-23)39-14-22(33)32-13-20-17(12-21(32)24(34)36-6)16-9-7-8-10-18(16)28-20/h7-10,15,19,21,28H,11-14H2,1-6H3,(H,29,35)/t19-,21+/m1/s1. The van der Waals surface area contributed by atoms with Gasteiger partial charge >= 0.3 is 12.1 Å². The van der Waals surface area contributed by atoms with Crippen molar-refractivity contribution in [1.82, 2.24) is 25.4 Å². The molecule has 11 nitrogen and oxygen atoms in total. The number of hydrogen-bond donors (Lipinski definition) is 2. The van der Waals surface area contributed by atoms with Crippen LogP contribution in [0.2, 0.25) is 0 Å². The van der Waals surface area contributed by atoms with Crippen molar-refractivity contribution >= 4 is 40.6 Å². The summed E-state index contributed by atoms with van der Waals surface area (Å²) in [6, 6.07) is 6.59. The van der Waals surface area contributed by atoms with Crippen LogP contribution in [0.1, 0.15) is 64.2 Å². The topological polar surface area (TPSA) is 140 Å². The van der Waals surface area contributed by atoms with E-state index in [4.69, 9.17) is 13.9 Å². The number of methoxy groups -OCH3 is 1. The van der Waals surface area contributed by atoms with Crippen molar-refractivity contribution in [2.45, 2.75) is 76.9 Å². The molecule has 3 heterocycles. The lowest BCUT2D eigenvalue weighted by molar-refractivity contribution is -0.153. The lowest BCUT2D eigenvalue weighted by Crippen LogP contribution is -2.49. The van der Waals surface area contributed by atoms with E-state index in [0.29, 0.717) is 12.8 Å². The molecule has 0 saturated heterocycles. The first kappa shape index (κ1) is 28.5. The zero-order valence-electron chi connectivity index (χ0n) is 23.1. The number of carbonyl (C=O) groups excluding carboxylic acids is 3. The highest BCUT2D eigenvalue weighted by atomic mass is 32.2. The molecule has 2 amide bonds. The van der Waals surface area contributed by atoms with Crippen LogP contribution < -0.4 is 5.32 Å². The number of carbonyl (C=O) groups is 3. The molecule has 12 heteroatoms. The van der Waals surface area contributed by atoms with Gasteiger partial charge in [0.25, 0.3) is 5.22 Å². The number of nitrogens with one attached hydrogen (secondary N) is 2. The average Bonchev–Trinajstić information content (AvgIpc) is 3.48. The zero-order valence-corrected chi connectivity index (χ0v) is 23.9. The quantitative estimate of drug-likeness (QED) is 0.305. The number of ether oxygens (including phenoxy) is 2. The summed E-state index contributed by atoms with van der Waals surface area (Å²) in [7, 11) is 1.32. The van der Waals surface area contributed by atoms with Crippen LogP contribution in [0, 0.1) is 5.92 Å². The number of para-hydroxylation sites is 1. The molecule has 0 saturated carbocycles. The van der Waals surface area contributed by atoms with E-state index in [1.165, 1.54) is 12.0 Å². The minimum absolute atomic E-state index is 0.0149. The molecule has 2 atom stereocenters. The Morgan fingerprint density at radius 3 is 2.67 bits per heavy atom. The van der Waals surface area contributed by atoms with Crippen LogP contribution >= 0.6 is 11.8 Å². The Balaban J connectivity index is 1.45. The number of H-pyrrole nitrogens is 1. The molecule has 0 aliphatic carbocycles. The molecule has 0 bridgehead atoms. The van der Waals surface area contributed by atoms with Crippen LogP contribution in [0.15, 0.2) is 33.9 Å². The van der Waals surface area contributed by atoms with Crippen LogP contribution in [0.3, 0.4) is 0 Å². The summed E-state index contributed by atoms with van der Waals surface area (Å²) >= 11 is 1.08. The first-order valence-corrected chi connectivity index (χ1v) is 13.8. The van der Waals surface area contributed by atoms with Gasteiger partial charge in [-0.25, -0.2) is 9.59 Å². The van der Waals surface area contributed by atoms with E-state index in [1.807, 2.05) is 38.1 Å². The van der Waals surface area contributed by atoms with Crippen molar-refractivity contribution in [2.24, 2.45) is 5.92 Å². The Morgan fingerprint density at radius 2 is 1.97 bits per heavy atom. The molecule has 0 radical (unpaired) electrons. The molecule has 0 unspecified atom stereocenters. The summed E-state index contributed by atoms with van der Waals surface area (Å²) in [6.07, 6.45) is 0.345. The number of nitrogens with zero attached hydrogens (tertiary/aromatic N) is 3. The van der Waals surface area contributed by atoms with Gasteiger partial charge in [0, 0.05) is 23.0 Å². The minimum atomic E-state index is -0.735. The number of amides is 2. The number of rotatable bonds is 8. The summed E-state index contributed by atoms with van der Waals surface area (Å²) in [4.78, 5) is 43.2. The average molecular weight is 558 g/mol. The Hall–Kier alpha value is -3.54. The number of thioether (sulfide) groups is 1. The summed E-state index contributed by atoms with van der Waals surface area (Å²) in [5, 5.41) is 12.2. The molecule has 3 aromatic rings. The van der Waals surface area contributed by atoms with Crippen molar-refractivity contribution in [3.05, 3.63) is 41.4 Å². The Kier molecular flexibility index (Phi) is 8.53. The lowest BCUT2D eigenvalue weighted by Gasteiger charge is -2.33. The zero-order chi connectivity index (χ0) is 28.3. The molecule has 4 rings (SSSR count). The molecule has 210 valence electrons. The Bertz CT molecular complexity index is 1340.